The molecule has 4 nitrogen and oxygen atoms in total. The molecule has 8 fully saturated rings. The maximum atomic E-state index is 9.44. The van der Waals surface area contributed by atoms with Crippen LogP contribution in [-0.4, -0.2) is 33.0 Å². The molecule has 4 N–H and O–H groups in total. The van der Waals surface area contributed by atoms with Crippen molar-refractivity contribution in [2.45, 2.75) is 103 Å². The summed E-state index contributed by atoms with van der Waals surface area (Å²) in [5, 5.41) is 37.7. The van der Waals surface area contributed by atoms with Gasteiger partial charge in [0.1, 0.15) is 0 Å². The van der Waals surface area contributed by atoms with Gasteiger partial charge in [-0.15, -0.1) is 0 Å². The second kappa shape index (κ2) is 13.1. The summed E-state index contributed by atoms with van der Waals surface area (Å²) in [4.78, 5) is 0. The average Bonchev–Trinajstić information content (AvgIpc) is 2.65. The van der Waals surface area contributed by atoms with E-state index in [-0.39, 0.29) is 101 Å². The van der Waals surface area contributed by atoms with Crippen molar-refractivity contribution in [3.63, 3.8) is 0 Å². The molecule has 8 aliphatic carbocycles. The third-order valence-electron chi connectivity index (χ3n) is 11.0. The number of rotatable bonds is 4. The molecule has 8 saturated carbocycles. The van der Waals surface area contributed by atoms with Gasteiger partial charge in [-0.2, -0.15) is 0 Å². The van der Waals surface area contributed by atoms with E-state index in [1.54, 1.807) is 0 Å². The summed E-state index contributed by atoms with van der Waals surface area (Å²) in [6, 6.07) is 0. The van der Waals surface area contributed by atoms with E-state index in [1.165, 1.54) is 77.0 Å². The Morgan fingerprint density at radius 1 is 0.441 bits per heavy atom. The van der Waals surface area contributed by atoms with Crippen molar-refractivity contribution in [2.24, 2.45) is 58.2 Å². The van der Waals surface area contributed by atoms with Crippen molar-refractivity contribution in [3.8, 4) is 0 Å². The van der Waals surface area contributed by atoms with Crippen LogP contribution in [0.25, 0.3) is 0 Å². The molecule has 0 spiro atoms. The van der Waals surface area contributed by atoms with Crippen LogP contribution in [0.1, 0.15) is 90.9 Å². The van der Waals surface area contributed by atoms with E-state index in [9.17, 15) is 20.4 Å². The van der Waals surface area contributed by atoms with Crippen LogP contribution in [0.15, 0.2) is 0 Å². The summed E-state index contributed by atoms with van der Waals surface area (Å²) in [6.45, 7) is 4.08. The second-order valence-corrected chi connectivity index (χ2v) is 13.0. The van der Waals surface area contributed by atoms with Gasteiger partial charge in [0.15, 0.2) is 12.6 Å². The minimum atomic E-state index is -1.11. The van der Waals surface area contributed by atoms with Crippen LogP contribution in [0.2, 0.25) is 0 Å². The maximum absolute atomic E-state index is 9.44. The Balaban J connectivity index is 0.000000304. The zero-order valence-corrected chi connectivity index (χ0v) is 26.9. The Bertz CT molecular complexity index is 520. The van der Waals surface area contributed by atoms with E-state index in [0.717, 1.165) is 35.5 Å². The topological polar surface area (TPSA) is 80.9 Å². The Morgan fingerprint density at radius 3 is 0.765 bits per heavy atom. The number of aliphatic hydroxyl groups is 4. The molecule has 208 valence electrons. The van der Waals surface area contributed by atoms with E-state index in [4.69, 9.17) is 0 Å². The van der Waals surface area contributed by atoms with E-state index in [0.29, 0.717) is 0 Å². The predicted molar refractivity (Wildman–Crippen MR) is 116 cm³/mol. The Labute approximate surface area is 258 Å². The molecule has 34 heavy (non-hydrogen) atoms. The third-order valence-corrected chi connectivity index (χ3v) is 11.0. The number of hydrogen-bond donors (Lipinski definition) is 4. The van der Waals surface area contributed by atoms with Gasteiger partial charge in [0.25, 0.3) is 0 Å². The predicted octanol–water partition coefficient (Wildman–Crippen LogP) is 4.29. The van der Waals surface area contributed by atoms with Crippen LogP contribution in [0, 0.1) is 58.2 Å². The van der Waals surface area contributed by atoms with Gasteiger partial charge in [-0.05, 0) is 123 Å². The molecule has 8 bridgehead atoms. The van der Waals surface area contributed by atoms with E-state index in [1.807, 2.05) is 13.8 Å². The fourth-order valence-corrected chi connectivity index (χ4v) is 10.1. The number of aliphatic hydroxyl groups excluding tert-OH is 2. The van der Waals surface area contributed by atoms with Gasteiger partial charge in [-0.1, -0.05) is 13.8 Å². The largest absolute Gasteiger partial charge is 0.368 e. The van der Waals surface area contributed by atoms with Crippen LogP contribution in [0.4, 0.5) is 0 Å². The quantitative estimate of drug-likeness (QED) is 0.252. The summed E-state index contributed by atoms with van der Waals surface area (Å²) in [7, 11) is 0. The molecule has 0 saturated heterocycles. The third kappa shape index (κ3) is 6.55. The van der Waals surface area contributed by atoms with E-state index >= 15 is 0 Å². The summed E-state index contributed by atoms with van der Waals surface area (Å²) >= 11 is 0. The minimum Gasteiger partial charge on any atom is -0.368 e. The summed E-state index contributed by atoms with van der Waals surface area (Å²) in [5.41, 5.74) is 0.561. The molecule has 0 aromatic heterocycles. The van der Waals surface area contributed by atoms with Crippen LogP contribution in [0.3, 0.4) is 0 Å². The zero-order chi connectivity index (χ0) is 21.3. The van der Waals surface area contributed by atoms with Gasteiger partial charge >= 0.3 is 0 Å². The molecule has 8 heteroatoms. The first kappa shape index (κ1) is 34.4. The van der Waals surface area contributed by atoms with Gasteiger partial charge in [0.05, 0.1) is 0 Å². The second-order valence-electron chi connectivity index (χ2n) is 13.0. The van der Waals surface area contributed by atoms with Gasteiger partial charge in [-0.25, -0.2) is 0 Å². The molecule has 0 aliphatic heterocycles. The van der Waals surface area contributed by atoms with Crippen molar-refractivity contribution in [1.29, 1.82) is 0 Å². The molecule has 4 radical (unpaired) electrons. The van der Waals surface area contributed by atoms with Crippen molar-refractivity contribution < 1.29 is 98.3 Å². The van der Waals surface area contributed by atoms with Gasteiger partial charge in [0.2, 0.25) is 0 Å². The normalized spacial score (nSPS) is 44.1. The van der Waals surface area contributed by atoms with Crippen molar-refractivity contribution in [3.05, 3.63) is 0 Å². The molecule has 0 aromatic carbocycles. The minimum absolute atomic E-state index is 0. The van der Waals surface area contributed by atoms with Crippen LogP contribution in [-0.2, 0) is 77.9 Å². The first-order valence-corrected chi connectivity index (χ1v) is 12.9. The number of hydrogen-bond acceptors (Lipinski definition) is 4. The van der Waals surface area contributed by atoms with Crippen LogP contribution >= 0.6 is 0 Å². The van der Waals surface area contributed by atoms with Crippen molar-refractivity contribution in [1.82, 2.24) is 0 Å². The van der Waals surface area contributed by atoms with Crippen LogP contribution < -0.4 is 0 Å². The molecule has 0 heterocycles. The first-order chi connectivity index (χ1) is 14.2. The van der Waals surface area contributed by atoms with Crippen molar-refractivity contribution in [2.75, 3.05) is 0 Å². The Hall–Kier alpha value is 2.33. The standard InChI is InChI=1S/2C13H22O2.4Rh/c2*1-8(12(14)15)13-5-9-2-10(6-13)4-11(3-9)7-13;;;;/h2*8-12,14-15H,2-7H2,1H3;;;;/t2*8-,9?,10?,11?,13?;;;;/m10..../s1. The summed E-state index contributed by atoms with van der Waals surface area (Å²) < 4.78 is 0. The molecule has 8 aliphatic rings. The monoisotopic (exact) mass is 832 g/mol. The average molecular weight is 832 g/mol. The van der Waals surface area contributed by atoms with Gasteiger partial charge in [0, 0.05) is 89.7 Å². The fourth-order valence-electron chi connectivity index (χ4n) is 10.1. The Kier molecular flexibility index (Phi) is 13.3. The summed E-state index contributed by atoms with van der Waals surface area (Å²) in [6.07, 6.45) is 13.9. The SMILES string of the molecule is C[C@@H](C(O)O)C12CC3CC(CC(C3)C1)C2.C[C@H](C(O)O)C12CC3CC(CC(C3)C1)C2.[Rh].[Rh].[Rh].[Rh]. The molecular weight excluding hydrogens is 788 g/mol. The molecule has 0 unspecified atom stereocenters. The Morgan fingerprint density at radius 2 is 0.618 bits per heavy atom. The first-order valence-electron chi connectivity index (χ1n) is 12.9. The molecule has 0 amide bonds. The molecular formula is C26H44O4Rh4. The van der Waals surface area contributed by atoms with E-state index in [2.05, 4.69) is 0 Å². The maximum Gasteiger partial charge on any atom is 0.154 e. The summed E-state index contributed by atoms with van der Waals surface area (Å²) in [5.74, 6) is 5.55. The zero-order valence-electron chi connectivity index (χ0n) is 20.4. The van der Waals surface area contributed by atoms with Crippen molar-refractivity contribution >= 4 is 0 Å². The fraction of sp³-hybridized carbons (Fsp3) is 1.00. The molecule has 2 atom stereocenters. The van der Waals surface area contributed by atoms with E-state index < -0.39 is 12.6 Å². The molecule has 0 aromatic rings. The van der Waals surface area contributed by atoms with Gasteiger partial charge in [-0.3, -0.25) is 0 Å². The smallest absolute Gasteiger partial charge is 0.154 e. The molecule has 8 rings (SSSR count). The van der Waals surface area contributed by atoms with Gasteiger partial charge < -0.3 is 20.4 Å². The van der Waals surface area contributed by atoms with Crippen LogP contribution in [0.5, 0.6) is 0 Å².